The van der Waals surface area contributed by atoms with Gasteiger partial charge in [0.1, 0.15) is 36.9 Å². The molecule has 1 amide bonds. The summed E-state index contributed by atoms with van der Waals surface area (Å²) in [6, 6.07) is 10.7. The standard InChI is InChI=1S/C19H20N4O4/c1-12-9-13(5-6-15(12)25)23-19-18-14(21-11-22-19)3-2-4-16(18)27-8-7-20-17(26)10-24/h2-6,9,11,24-25H,7-8,10H2,1H3,(H,20,26)(H,21,22,23). The third-order valence-corrected chi connectivity index (χ3v) is 3.91. The molecule has 0 bridgehead atoms. The van der Waals surface area contributed by atoms with Gasteiger partial charge in [-0.2, -0.15) is 0 Å². The molecule has 0 aliphatic carbocycles. The number of phenols is 1. The van der Waals surface area contributed by atoms with Crippen LogP contribution in [-0.4, -0.2) is 45.8 Å². The van der Waals surface area contributed by atoms with Gasteiger partial charge < -0.3 is 25.6 Å². The third kappa shape index (κ3) is 4.42. The van der Waals surface area contributed by atoms with Crippen molar-refractivity contribution in [1.29, 1.82) is 0 Å². The number of aliphatic hydroxyl groups is 1. The number of hydrogen-bond acceptors (Lipinski definition) is 7. The Labute approximate surface area is 155 Å². The molecule has 3 rings (SSSR count). The Morgan fingerprint density at radius 3 is 2.85 bits per heavy atom. The van der Waals surface area contributed by atoms with Crippen LogP contribution in [0.2, 0.25) is 0 Å². The lowest BCUT2D eigenvalue weighted by Gasteiger charge is -2.13. The van der Waals surface area contributed by atoms with E-state index in [1.807, 2.05) is 25.1 Å². The zero-order chi connectivity index (χ0) is 19.2. The van der Waals surface area contributed by atoms with Gasteiger partial charge in [0.2, 0.25) is 5.91 Å². The average molecular weight is 368 g/mol. The highest BCUT2D eigenvalue weighted by molar-refractivity contribution is 5.95. The van der Waals surface area contributed by atoms with Gasteiger partial charge in [-0.15, -0.1) is 0 Å². The minimum Gasteiger partial charge on any atom is -0.508 e. The van der Waals surface area contributed by atoms with Crippen LogP contribution in [0.25, 0.3) is 10.9 Å². The Kier molecular flexibility index (Phi) is 5.68. The maximum Gasteiger partial charge on any atom is 0.245 e. The highest BCUT2D eigenvalue weighted by atomic mass is 16.5. The number of carbonyl (C=O) groups is 1. The fourth-order valence-electron chi connectivity index (χ4n) is 2.57. The Bertz CT molecular complexity index is 956. The third-order valence-electron chi connectivity index (χ3n) is 3.91. The first-order valence-electron chi connectivity index (χ1n) is 8.39. The van der Waals surface area contributed by atoms with Crippen molar-refractivity contribution < 1.29 is 19.7 Å². The average Bonchev–Trinajstić information content (AvgIpc) is 2.68. The molecule has 8 nitrogen and oxygen atoms in total. The van der Waals surface area contributed by atoms with Gasteiger partial charge in [-0.05, 0) is 42.8 Å². The summed E-state index contributed by atoms with van der Waals surface area (Å²) in [4.78, 5) is 19.7. The highest BCUT2D eigenvalue weighted by Gasteiger charge is 2.11. The van der Waals surface area contributed by atoms with Crippen LogP contribution in [0.15, 0.2) is 42.7 Å². The van der Waals surface area contributed by atoms with Crippen molar-refractivity contribution in [3.8, 4) is 11.5 Å². The first-order chi connectivity index (χ1) is 13.1. The Balaban J connectivity index is 1.84. The molecule has 0 spiro atoms. The van der Waals surface area contributed by atoms with Crippen LogP contribution >= 0.6 is 0 Å². The van der Waals surface area contributed by atoms with E-state index in [2.05, 4.69) is 20.6 Å². The lowest BCUT2D eigenvalue weighted by atomic mass is 10.2. The number of hydrogen-bond donors (Lipinski definition) is 4. The lowest BCUT2D eigenvalue weighted by molar-refractivity contribution is -0.123. The second-order valence-electron chi connectivity index (χ2n) is 5.86. The number of fused-ring (bicyclic) bond motifs is 1. The maximum absolute atomic E-state index is 11.1. The first-order valence-corrected chi connectivity index (χ1v) is 8.39. The minimum absolute atomic E-state index is 0.224. The Morgan fingerprint density at radius 1 is 1.22 bits per heavy atom. The van der Waals surface area contributed by atoms with Gasteiger partial charge >= 0.3 is 0 Å². The van der Waals surface area contributed by atoms with Gasteiger partial charge in [0.15, 0.2) is 0 Å². The number of nitrogens with zero attached hydrogens (tertiary/aromatic N) is 2. The molecule has 0 saturated carbocycles. The van der Waals surface area contributed by atoms with E-state index in [1.54, 1.807) is 18.2 Å². The summed E-state index contributed by atoms with van der Waals surface area (Å²) in [6.07, 6.45) is 1.46. The van der Waals surface area contributed by atoms with Crippen molar-refractivity contribution in [2.45, 2.75) is 6.92 Å². The van der Waals surface area contributed by atoms with E-state index in [1.165, 1.54) is 6.33 Å². The van der Waals surface area contributed by atoms with Crippen LogP contribution in [0.5, 0.6) is 11.5 Å². The number of ether oxygens (including phenoxy) is 1. The number of rotatable bonds is 7. The summed E-state index contributed by atoms with van der Waals surface area (Å²) in [5.41, 5.74) is 2.23. The molecule has 1 aromatic heterocycles. The molecule has 3 aromatic rings. The number of carbonyl (C=O) groups excluding carboxylic acids is 1. The summed E-state index contributed by atoms with van der Waals surface area (Å²) in [6.45, 7) is 1.76. The molecule has 140 valence electrons. The van der Waals surface area contributed by atoms with Crippen LogP contribution in [0.3, 0.4) is 0 Å². The number of aliphatic hydroxyl groups excluding tert-OH is 1. The van der Waals surface area contributed by atoms with Crippen LogP contribution in [-0.2, 0) is 4.79 Å². The molecular formula is C19H20N4O4. The molecule has 0 aliphatic rings. The molecule has 8 heteroatoms. The molecule has 0 fully saturated rings. The van der Waals surface area contributed by atoms with Crippen molar-refractivity contribution in [1.82, 2.24) is 15.3 Å². The number of nitrogens with one attached hydrogen (secondary N) is 2. The Morgan fingerprint density at radius 2 is 2.07 bits per heavy atom. The van der Waals surface area contributed by atoms with Gasteiger partial charge in [0, 0.05) is 5.69 Å². The molecule has 0 saturated heterocycles. The van der Waals surface area contributed by atoms with E-state index < -0.39 is 12.5 Å². The largest absolute Gasteiger partial charge is 0.508 e. The van der Waals surface area contributed by atoms with Crippen LogP contribution in [0.4, 0.5) is 11.5 Å². The minimum atomic E-state index is -0.553. The van der Waals surface area contributed by atoms with Crippen molar-refractivity contribution in [2.24, 2.45) is 0 Å². The lowest BCUT2D eigenvalue weighted by Crippen LogP contribution is -2.30. The molecule has 1 heterocycles. The molecule has 4 N–H and O–H groups in total. The molecule has 2 aromatic carbocycles. The number of amides is 1. The maximum atomic E-state index is 11.1. The zero-order valence-corrected chi connectivity index (χ0v) is 14.8. The van der Waals surface area contributed by atoms with Crippen LogP contribution < -0.4 is 15.4 Å². The van der Waals surface area contributed by atoms with E-state index in [-0.39, 0.29) is 18.9 Å². The summed E-state index contributed by atoms with van der Waals surface area (Å²) < 4.78 is 5.78. The molecule has 27 heavy (non-hydrogen) atoms. The van der Waals surface area contributed by atoms with Crippen molar-refractivity contribution in [3.63, 3.8) is 0 Å². The first kappa shape index (κ1) is 18.4. The number of aromatic nitrogens is 2. The molecule has 0 unspecified atom stereocenters. The van der Waals surface area contributed by atoms with Crippen LogP contribution in [0.1, 0.15) is 5.56 Å². The topological polar surface area (TPSA) is 117 Å². The van der Waals surface area contributed by atoms with E-state index in [0.29, 0.717) is 22.5 Å². The SMILES string of the molecule is Cc1cc(Nc2ncnc3cccc(OCCNC(=O)CO)c23)ccc1O. The summed E-state index contributed by atoms with van der Waals surface area (Å²) in [7, 11) is 0. The second-order valence-corrected chi connectivity index (χ2v) is 5.86. The quantitative estimate of drug-likeness (QED) is 0.372. The smallest absolute Gasteiger partial charge is 0.245 e. The summed E-state index contributed by atoms with van der Waals surface area (Å²) in [5, 5.41) is 24.9. The molecule has 0 aliphatic heterocycles. The zero-order valence-electron chi connectivity index (χ0n) is 14.8. The van der Waals surface area contributed by atoms with Gasteiger partial charge in [-0.1, -0.05) is 6.07 Å². The van der Waals surface area contributed by atoms with Gasteiger partial charge in [0.25, 0.3) is 0 Å². The van der Waals surface area contributed by atoms with Gasteiger partial charge in [-0.3, -0.25) is 4.79 Å². The van der Waals surface area contributed by atoms with E-state index in [0.717, 1.165) is 11.3 Å². The summed E-state index contributed by atoms with van der Waals surface area (Å²) in [5.74, 6) is 0.913. The number of phenolic OH excluding ortho intramolecular Hbond substituents is 1. The number of aryl methyl sites for hydroxylation is 1. The Hall–Kier alpha value is -3.39. The fraction of sp³-hybridized carbons (Fsp3) is 0.211. The van der Waals surface area contributed by atoms with E-state index in [9.17, 15) is 9.90 Å². The second kappa shape index (κ2) is 8.33. The van der Waals surface area contributed by atoms with Gasteiger partial charge in [0.05, 0.1) is 17.4 Å². The van der Waals surface area contributed by atoms with Crippen LogP contribution in [0, 0.1) is 6.92 Å². The fourth-order valence-corrected chi connectivity index (χ4v) is 2.57. The monoisotopic (exact) mass is 368 g/mol. The molecule has 0 atom stereocenters. The normalized spacial score (nSPS) is 10.6. The number of anilines is 2. The predicted molar refractivity (Wildman–Crippen MR) is 101 cm³/mol. The van der Waals surface area contributed by atoms with Gasteiger partial charge in [-0.25, -0.2) is 9.97 Å². The van der Waals surface area contributed by atoms with Crippen molar-refractivity contribution in [3.05, 3.63) is 48.3 Å². The van der Waals surface area contributed by atoms with Crippen molar-refractivity contribution in [2.75, 3.05) is 25.1 Å². The van der Waals surface area contributed by atoms with E-state index >= 15 is 0 Å². The van der Waals surface area contributed by atoms with E-state index in [4.69, 9.17) is 9.84 Å². The number of benzene rings is 2. The number of aromatic hydroxyl groups is 1. The van der Waals surface area contributed by atoms with Crippen molar-refractivity contribution >= 4 is 28.3 Å². The predicted octanol–water partition coefficient (Wildman–Crippen LogP) is 1.87. The molecular weight excluding hydrogens is 348 g/mol. The molecule has 0 radical (unpaired) electrons. The highest BCUT2D eigenvalue weighted by Crippen LogP contribution is 2.32. The summed E-state index contributed by atoms with van der Waals surface area (Å²) >= 11 is 0.